The molecule has 0 radical (unpaired) electrons. The maximum absolute atomic E-state index is 5.79. The molecule has 76 valence electrons. The number of ether oxygens (including phenoxy) is 1. The third-order valence-corrected chi connectivity index (χ3v) is 3.15. The molecule has 1 nitrogen and oxygen atoms in total. The van der Waals surface area contributed by atoms with Crippen LogP contribution in [-0.4, -0.2) is 6.10 Å². The van der Waals surface area contributed by atoms with Gasteiger partial charge in [0.25, 0.3) is 0 Å². The Balaban J connectivity index is 2.14. The molecule has 1 aromatic carbocycles. The Hall–Kier alpha value is -0.820. The second-order valence-electron chi connectivity index (χ2n) is 4.12. The van der Waals surface area contributed by atoms with Gasteiger partial charge in [0.2, 0.25) is 0 Å². The highest BCUT2D eigenvalue weighted by Crippen LogP contribution is 2.49. The molecule has 1 aromatic rings. The fraction of sp³-hybridized carbons (Fsp3) is 0.538. The molecule has 2 atom stereocenters. The normalized spacial score (nSPS) is 30.3. The largest absolute Gasteiger partial charge is 0.361 e. The van der Waals surface area contributed by atoms with Crippen LogP contribution in [-0.2, 0) is 10.3 Å². The first-order chi connectivity index (χ1) is 6.79. The van der Waals surface area contributed by atoms with Crippen LogP contribution in [0.2, 0.25) is 0 Å². The Morgan fingerprint density at radius 1 is 1.29 bits per heavy atom. The molecule has 0 aliphatic carbocycles. The minimum Gasteiger partial charge on any atom is -0.361 e. The van der Waals surface area contributed by atoms with Gasteiger partial charge in [-0.1, -0.05) is 50.1 Å². The number of unbranched alkanes of at least 4 members (excludes halogenated alkanes) is 1. The Morgan fingerprint density at radius 3 is 2.43 bits per heavy atom. The molecule has 2 rings (SSSR count). The van der Waals surface area contributed by atoms with Crippen LogP contribution in [0.1, 0.15) is 38.7 Å². The highest BCUT2D eigenvalue weighted by atomic mass is 16.6. The highest BCUT2D eigenvalue weighted by molar-refractivity contribution is 5.28. The van der Waals surface area contributed by atoms with Crippen LogP contribution in [0, 0.1) is 0 Å². The van der Waals surface area contributed by atoms with E-state index in [1.807, 2.05) is 0 Å². The predicted molar refractivity (Wildman–Crippen MR) is 58.2 cm³/mol. The molecule has 1 fully saturated rings. The molecule has 1 aliphatic heterocycles. The summed E-state index contributed by atoms with van der Waals surface area (Å²) in [6.45, 7) is 4.40. The van der Waals surface area contributed by atoms with E-state index in [1.165, 1.54) is 18.4 Å². The predicted octanol–water partition coefficient (Wildman–Crippen LogP) is 3.49. The van der Waals surface area contributed by atoms with Crippen LogP contribution in [0.15, 0.2) is 30.3 Å². The van der Waals surface area contributed by atoms with Crippen LogP contribution in [0.5, 0.6) is 0 Å². The van der Waals surface area contributed by atoms with E-state index < -0.39 is 0 Å². The molecular weight excluding hydrogens is 172 g/mol. The van der Waals surface area contributed by atoms with Crippen molar-refractivity contribution in [1.82, 2.24) is 0 Å². The van der Waals surface area contributed by atoms with Crippen molar-refractivity contribution < 1.29 is 4.74 Å². The first-order valence-electron chi connectivity index (χ1n) is 5.53. The first kappa shape index (κ1) is 9.72. The molecule has 1 aliphatic rings. The Morgan fingerprint density at radius 2 is 1.93 bits per heavy atom. The van der Waals surface area contributed by atoms with Crippen molar-refractivity contribution in [2.24, 2.45) is 0 Å². The summed E-state index contributed by atoms with van der Waals surface area (Å²) in [5, 5.41) is 0. The van der Waals surface area contributed by atoms with Crippen molar-refractivity contribution in [2.45, 2.75) is 44.8 Å². The topological polar surface area (TPSA) is 12.5 Å². The van der Waals surface area contributed by atoms with Crippen LogP contribution in [0.3, 0.4) is 0 Å². The molecule has 0 saturated carbocycles. The third kappa shape index (κ3) is 1.57. The van der Waals surface area contributed by atoms with Gasteiger partial charge < -0.3 is 4.74 Å². The summed E-state index contributed by atoms with van der Waals surface area (Å²) in [6.07, 6.45) is 4.05. The zero-order chi connectivity index (χ0) is 10.0. The lowest BCUT2D eigenvalue weighted by molar-refractivity contribution is 0.280. The second-order valence-corrected chi connectivity index (χ2v) is 4.12. The number of epoxide rings is 1. The van der Waals surface area contributed by atoms with E-state index in [0.717, 1.165) is 6.42 Å². The molecule has 2 unspecified atom stereocenters. The maximum Gasteiger partial charge on any atom is 0.119 e. The lowest BCUT2D eigenvalue weighted by atomic mass is 9.91. The van der Waals surface area contributed by atoms with Gasteiger partial charge in [-0.2, -0.15) is 0 Å². The minimum atomic E-state index is 0.0528. The zero-order valence-electron chi connectivity index (χ0n) is 8.99. The summed E-state index contributed by atoms with van der Waals surface area (Å²) in [6, 6.07) is 10.6. The van der Waals surface area contributed by atoms with Crippen molar-refractivity contribution in [1.29, 1.82) is 0 Å². The molecule has 1 saturated heterocycles. The maximum atomic E-state index is 5.79. The van der Waals surface area contributed by atoms with Crippen LogP contribution in [0.4, 0.5) is 0 Å². The Labute approximate surface area is 86.1 Å². The summed E-state index contributed by atoms with van der Waals surface area (Å²) in [5.41, 5.74) is 1.40. The fourth-order valence-electron chi connectivity index (χ4n) is 2.15. The minimum absolute atomic E-state index is 0.0528. The van der Waals surface area contributed by atoms with Gasteiger partial charge >= 0.3 is 0 Å². The van der Waals surface area contributed by atoms with E-state index in [0.29, 0.717) is 6.10 Å². The van der Waals surface area contributed by atoms with E-state index in [-0.39, 0.29) is 5.60 Å². The molecule has 14 heavy (non-hydrogen) atoms. The van der Waals surface area contributed by atoms with Gasteiger partial charge in [-0.05, 0) is 18.9 Å². The van der Waals surface area contributed by atoms with Gasteiger partial charge in [0.05, 0.1) is 6.10 Å². The van der Waals surface area contributed by atoms with Crippen molar-refractivity contribution in [3.8, 4) is 0 Å². The quantitative estimate of drug-likeness (QED) is 0.662. The standard InChI is InChI=1S/C13H18O/c1-3-4-10-13(11(2)14-13)12-8-6-5-7-9-12/h5-9,11H,3-4,10H2,1-2H3. The van der Waals surface area contributed by atoms with Crippen LogP contribution >= 0.6 is 0 Å². The number of rotatable bonds is 4. The monoisotopic (exact) mass is 190 g/mol. The molecule has 0 bridgehead atoms. The number of benzene rings is 1. The van der Waals surface area contributed by atoms with E-state index >= 15 is 0 Å². The molecule has 0 N–H and O–H groups in total. The molecular formula is C13H18O. The lowest BCUT2D eigenvalue weighted by Gasteiger charge is -2.12. The highest BCUT2D eigenvalue weighted by Gasteiger charge is 2.53. The van der Waals surface area contributed by atoms with E-state index in [1.54, 1.807) is 0 Å². The van der Waals surface area contributed by atoms with Gasteiger partial charge in [0, 0.05) is 0 Å². The summed E-state index contributed by atoms with van der Waals surface area (Å²) in [7, 11) is 0. The van der Waals surface area contributed by atoms with E-state index in [4.69, 9.17) is 4.74 Å². The fourth-order valence-corrected chi connectivity index (χ4v) is 2.15. The Bertz CT molecular complexity index is 293. The average Bonchev–Trinajstić information content (AvgIpc) is 2.89. The first-order valence-corrected chi connectivity index (χ1v) is 5.53. The Kier molecular flexibility index (Phi) is 2.60. The van der Waals surface area contributed by atoms with Crippen molar-refractivity contribution in [2.75, 3.05) is 0 Å². The van der Waals surface area contributed by atoms with Crippen molar-refractivity contribution >= 4 is 0 Å². The SMILES string of the molecule is CCCCC1(c2ccccc2)OC1C. The second kappa shape index (κ2) is 3.74. The molecule has 0 aromatic heterocycles. The van der Waals surface area contributed by atoms with Crippen LogP contribution in [0.25, 0.3) is 0 Å². The van der Waals surface area contributed by atoms with E-state index in [2.05, 4.69) is 44.2 Å². The molecule has 1 heteroatoms. The van der Waals surface area contributed by atoms with Gasteiger partial charge in [0.15, 0.2) is 0 Å². The van der Waals surface area contributed by atoms with Crippen molar-refractivity contribution in [3.05, 3.63) is 35.9 Å². The van der Waals surface area contributed by atoms with Gasteiger partial charge in [-0.3, -0.25) is 0 Å². The van der Waals surface area contributed by atoms with Gasteiger partial charge in [-0.25, -0.2) is 0 Å². The summed E-state index contributed by atoms with van der Waals surface area (Å²) in [4.78, 5) is 0. The number of hydrogen-bond acceptors (Lipinski definition) is 1. The molecule has 1 heterocycles. The third-order valence-electron chi connectivity index (χ3n) is 3.15. The van der Waals surface area contributed by atoms with Gasteiger partial charge in [-0.15, -0.1) is 0 Å². The smallest absolute Gasteiger partial charge is 0.119 e. The van der Waals surface area contributed by atoms with Crippen LogP contribution < -0.4 is 0 Å². The molecule has 0 spiro atoms. The number of hydrogen-bond donors (Lipinski definition) is 0. The average molecular weight is 190 g/mol. The zero-order valence-corrected chi connectivity index (χ0v) is 8.99. The lowest BCUT2D eigenvalue weighted by Crippen LogP contribution is -2.11. The van der Waals surface area contributed by atoms with Crippen molar-refractivity contribution in [3.63, 3.8) is 0 Å². The molecule has 0 amide bonds. The summed E-state index contributed by atoms with van der Waals surface area (Å²) in [5.74, 6) is 0. The van der Waals surface area contributed by atoms with Gasteiger partial charge in [0.1, 0.15) is 5.60 Å². The summed E-state index contributed by atoms with van der Waals surface area (Å²) >= 11 is 0. The summed E-state index contributed by atoms with van der Waals surface area (Å²) < 4.78 is 5.79. The van der Waals surface area contributed by atoms with E-state index in [9.17, 15) is 0 Å².